The zero-order chi connectivity index (χ0) is 33.6. The van der Waals surface area contributed by atoms with Crippen molar-refractivity contribution in [3.8, 4) is 22.3 Å². The lowest BCUT2D eigenvalue weighted by Gasteiger charge is -2.33. The number of unbranched alkanes of at least 4 members (excludes halogenated alkanes) is 1. The quantitative estimate of drug-likeness (QED) is 0.136. The second-order valence-corrected chi connectivity index (χ2v) is 14.0. The van der Waals surface area contributed by atoms with Gasteiger partial charge < -0.3 is 0 Å². The second-order valence-electron chi connectivity index (χ2n) is 14.0. The van der Waals surface area contributed by atoms with Crippen LogP contribution in [0.2, 0.25) is 0 Å². The van der Waals surface area contributed by atoms with E-state index in [1.54, 1.807) is 5.57 Å². The summed E-state index contributed by atoms with van der Waals surface area (Å²) in [7, 11) is 0. The maximum atomic E-state index is 2.51. The minimum absolute atomic E-state index is 0.221. The highest BCUT2D eigenvalue weighted by Gasteiger charge is 2.29. The predicted molar refractivity (Wildman–Crippen MR) is 208 cm³/mol. The smallest absolute Gasteiger partial charge is 0.0305 e. The van der Waals surface area contributed by atoms with E-state index < -0.39 is 0 Å². The van der Waals surface area contributed by atoms with Crippen molar-refractivity contribution in [2.24, 2.45) is 5.92 Å². The molecular weight excluding hydrogens is 577 g/mol. The van der Waals surface area contributed by atoms with Crippen molar-refractivity contribution < 1.29 is 0 Å². The lowest BCUT2D eigenvalue weighted by atomic mass is 9.71. The molecule has 5 aromatic rings. The van der Waals surface area contributed by atoms with Gasteiger partial charge in [-0.25, -0.2) is 0 Å². The van der Waals surface area contributed by atoms with Gasteiger partial charge in [0.15, 0.2) is 0 Å². The molecule has 0 fully saturated rings. The zero-order valence-corrected chi connectivity index (χ0v) is 29.9. The van der Waals surface area contributed by atoms with Gasteiger partial charge in [-0.05, 0) is 120 Å². The molecule has 0 bridgehead atoms. The molecule has 3 atom stereocenters. The summed E-state index contributed by atoms with van der Waals surface area (Å²) in [5.74, 6) is 1.07. The van der Waals surface area contributed by atoms with E-state index in [1.807, 2.05) is 0 Å². The molecule has 0 spiro atoms. The Morgan fingerprint density at radius 2 is 1.19 bits per heavy atom. The Bertz CT molecular complexity index is 1920. The van der Waals surface area contributed by atoms with E-state index in [9.17, 15) is 0 Å². The molecule has 0 amide bonds. The first kappa shape index (κ1) is 33.5. The van der Waals surface area contributed by atoms with Crippen LogP contribution >= 0.6 is 0 Å². The third-order valence-corrected chi connectivity index (χ3v) is 10.9. The van der Waals surface area contributed by atoms with Gasteiger partial charge in [-0.15, -0.1) is 0 Å². The van der Waals surface area contributed by atoms with Crippen molar-refractivity contribution in [2.75, 3.05) is 0 Å². The molecule has 0 heterocycles. The Balaban J connectivity index is 1.40. The molecule has 0 aliphatic heterocycles. The largest absolute Gasteiger partial charge is 0.0654 e. The van der Waals surface area contributed by atoms with Gasteiger partial charge in [0.05, 0.1) is 0 Å². The monoisotopic (exact) mass is 628 g/mol. The van der Waals surface area contributed by atoms with E-state index in [4.69, 9.17) is 0 Å². The number of allylic oxidation sites excluding steroid dienone is 4. The van der Waals surface area contributed by atoms with Crippen LogP contribution in [-0.4, -0.2) is 0 Å². The molecule has 5 aromatic carbocycles. The van der Waals surface area contributed by atoms with Gasteiger partial charge in [0, 0.05) is 11.8 Å². The first-order valence-electron chi connectivity index (χ1n) is 18.2. The maximum absolute atomic E-state index is 2.51. The van der Waals surface area contributed by atoms with Crippen LogP contribution < -0.4 is 0 Å². The minimum Gasteiger partial charge on any atom is -0.0654 e. The molecule has 0 N–H and O–H groups in total. The van der Waals surface area contributed by atoms with Gasteiger partial charge in [0.25, 0.3) is 0 Å². The number of hydrogen-bond acceptors (Lipinski definition) is 0. The Morgan fingerprint density at radius 1 is 0.583 bits per heavy atom. The fraction of sp³-hybridized carbons (Fsp3) is 0.292. The summed E-state index contributed by atoms with van der Waals surface area (Å²) in [5.41, 5.74) is 18.2. The van der Waals surface area contributed by atoms with Crippen LogP contribution in [0.15, 0.2) is 139 Å². The van der Waals surface area contributed by atoms with Gasteiger partial charge in [0.1, 0.15) is 0 Å². The van der Waals surface area contributed by atoms with Crippen LogP contribution in [0.5, 0.6) is 0 Å². The molecule has 48 heavy (non-hydrogen) atoms. The van der Waals surface area contributed by atoms with Crippen molar-refractivity contribution in [3.63, 3.8) is 0 Å². The zero-order valence-electron chi connectivity index (χ0n) is 29.9. The van der Waals surface area contributed by atoms with Crippen molar-refractivity contribution >= 4 is 0 Å². The molecule has 1 aliphatic rings. The third-order valence-electron chi connectivity index (χ3n) is 10.9. The van der Waals surface area contributed by atoms with E-state index in [1.165, 1.54) is 79.6 Å². The number of hydrogen-bond donors (Lipinski definition) is 0. The van der Waals surface area contributed by atoms with Gasteiger partial charge in [-0.3, -0.25) is 0 Å². The molecule has 1 aliphatic carbocycles. The molecule has 244 valence electrons. The number of rotatable bonds is 11. The summed E-state index contributed by atoms with van der Waals surface area (Å²) in [6, 6.07) is 43.4. The van der Waals surface area contributed by atoms with E-state index in [2.05, 4.69) is 169 Å². The fourth-order valence-electron chi connectivity index (χ4n) is 7.83. The Morgan fingerprint density at radius 3 is 1.90 bits per heavy atom. The number of benzene rings is 5. The van der Waals surface area contributed by atoms with Crippen molar-refractivity contribution in [1.29, 1.82) is 0 Å². The van der Waals surface area contributed by atoms with Crippen LogP contribution in [0.25, 0.3) is 22.3 Å². The lowest BCUT2D eigenvalue weighted by molar-refractivity contribution is 0.533. The summed E-state index contributed by atoms with van der Waals surface area (Å²) >= 11 is 0. The van der Waals surface area contributed by atoms with E-state index in [0.717, 1.165) is 19.3 Å². The van der Waals surface area contributed by atoms with Crippen LogP contribution in [0.1, 0.15) is 97.2 Å². The minimum atomic E-state index is 0.221. The Labute approximate surface area is 290 Å². The summed E-state index contributed by atoms with van der Waals surface area (Å²) in [6.45, 7) is 13.8. The fourth-order valence-corrected chi connectivity index (χ4v) is 7.83. The molecule has 6 rings (SSSR count). The maximum Gasteiger partial charge on any atom is 0.0305 e. The van der Waals surface area contributed by atoms with Crippen LogP contribution in [0.4, 0.5) is 0 Å². The third kappa shape index (κ3) is 7.05. The summed E-state index contributed by atoms with van der Waals surface area (Å²) in [6.07, 6.45) is 10.7. The Kier molecular flexibility index (Phi) is 10.6. The molecule has 0 saturated carbocycles. The molecule has 0 aromatic heterocycles. The standard InChI is InChI=1S/C48H52/c1-7-9-18-38-19-14-16-23-44(38)47-32-42(27-25-35(47)5)48(39-20-11-10-12-21-39)45-29-28-40(30-37(45)8-2)36(6)41-26-24-34(4)46(31-41)43-22-15-13-17-33(43)3/h10-17,19-29,31-32,36-37,48H,7-9,18,30H2,1-6H3. The summed E-state index contributed by atoms with van der Waals surface area (Å²) in [5, 5.41) is 0. The predicted octanol–water partition coefficient (Wildman–Crippen LogP) is 13.5. The van der Waals surface area contributed by atoms with E-state index >= 15 is 0 Å². The average Bonchev–Trinajstić information content (AvgIpc) is 3.12. The van der Waals surface area contributed by atoms with Crippen LogP contribution in [0, 0.1) is 26.7 Å². The van der Waals surface area contributed by atoms with Gasteiger partial charge >= 0.3 is 0 Å². The summed E-state index contributed by atoms with van der Waals surface area (Å²) in [4.78, 5) is 0. The molecule has 0 saturated heterocycles. The van der Waals surface area contributed by atoms with Gasteiger partial charge in [-0.1, -0.05) is 160 Å². The highest BCUT2D eigenvalue weighted by atomic mass is 14.3. The molecule has 0 radical (unpaired) electrons. The highest BCUT2D eigenvalue weighted by Crippen LogP contribution is 2.45. The van der Waals surface area contributed by atoms with Gasteiger partial charge in [-0.2, -0.15) is 0 Å². The molecule has 3 unspecified atom stereocenters. The lowest BCUT2D eigenvalue weighted by Crippen LogP contribution is -2.18. The van der Waals surface area contributed by atoms with E-state index in [0.29, 0.717) is 11.8 Å². The second kappa shape index (κ2) is 15.2. The van der Waals surface area contributed by atoms with Crippen molar-refractivity contribution in [3.05, 3.63) is 178 Å². The van der Waals surface area contributed by atoms with Crippen LogP contribution in [-0.2, 0) is 6.42 Å². The molecule has 0 nitrogen and oxygen atoms in total. The average molecular weight is 629 g/mol. The molecular formula is C48H52. The van der Waals surface area contributed by atoms with Crippen LogP contribution in [0.3, 0.4) is 0 Å². The molecule has 0 heteroatoms. The van der Waals surface area contributed by atoms with Gasteiger partial charge in [0.2, 0.25) is 0 Å². The first-order valence-corrected chi connectivity index (χ1v) is 18.2. The van der Waals surface area contributed by atoms with E-state index in [-0.39, 0.29) is 5.92 Å². The highest BCUT2D eigenvalue weighted by molar-refractivity contribution is 5.73. The van der Waals surface area contributed by atoms with Crippen molar-refractivity contribution in [2.45, 2.75) is 85.5 Å². The number of aryl methyl sites for hydroxylation is 4. The summed E-state index contributed by atoms with van der Waals surface area (Å²) < 4.78 is 0. The first-order chi connectivity index (χ1) is 23.4. The SMILES string of the molecule is CCCCc1ccccc1-c1cc(C(C2=CC=C(C(C)c3ccc(C)c(-c4ccccc4C)c3)CC2CC)c2ccccc2)ccc1C. The normalized spacial score (nSPS) is 15.8. The van der Waals surface area contributed by atoms with Crippen molar-refractivity contribution in [1.82, 2.24) is 0 Å². The Hall–Kier alpha value is -4.42. The topological polar surface area (TPSA) is 0 Å².